The first-order valence-electron chi connectivity index (χ1n) is 12.4. The molecular formula is C28H29ClFN5O. The van der Waals surface area contributed by atoms with Gasteiger partial charge in [-0.25, -0.2) is 14.4 Å². The maximum absolute atomic E-state index is 16.5. The van der Waals surface area contributed by atoms with Crippen LogP contribution in [0, 0.1) is 5.82 Å². The number of fused-ring (bicyclic) bond motifs is 2. The van der Waals surface area contributed by atoms with E-state index in [9.17, 15) is 5.11 Å². The monoisotopic (exact) mass is 505 g/mol. The number of halogens is 2. The first kappa shape index (κ1) is 23.4. The quantitative estimate of drug-likeness (QED) is 0.399. The lowest BCUT2D eigenvalue weighted by atomic mass is 9.90. The summed E-state index contributed by atoms with van der Waals surface area (Å²) < 4.78 is 16.5. The van der Waals surface area contributed by atoms with E-state index in [1.165, 1.54) is 0 Å². The Morgan fingerprint density at radius 1 is 1.06 bits per heavy atom. The molecule has 0 atom stereocenters. The van der Waals surface area contributed by atoms with Gasteiger partial charge in [0.15, 0.2) is 5.82 Å². The Morgan fingerprint density at radius 2 is 1.81 bits per heavy atom. The minimum Gasteiger partial charge on any atom is -0.508 e. The molecule has 1 aromatic heterocycles. The van der Waals surface area contributed by atoms with Crippen molar-refractivity contribution in [3.8, 4) is 16.9 Å². The number of likely N-dealkylation sites (N-methyl/N-ethyl adjacent to an activating group) is 1. The molecule has 3 aromatic carbocycles. The number of phenolic OH excluding ortho intramolecular Hbond substituents is 1. The number of aromatic hydroxyl groups is 1. The molecule has 186 valence electrons. The molecular weight excluding hydrogens is 477 g/mol. The highest BCUT2D eigenvalue weighted by Gasteiger charge is 2.32. The van der Waals surface area contributed by atoms with Crippen molar-refractivity contribution in [2.45, 2.75) is 24.8 Å². The summed E-state index contributed by atoms with van der Waals surface area (Å²) in [4.78, 5) is 14.1. The van der Waals surface area contributed by atoms with Crippen LogP contribution in [0.15, 0.2) is 42.5 Å². The minimum atomic E-state index is -0.475. The van der Waals surface area contributed by atoms with E-state index in [-0.39, 0.29) is 22.7 Å². The molecule has 0 unspecified atom stereocenters. The number of benzene rings is 3. The van der Waals surface area contributed by atoms with Crippen LogP contribution in [0.1, 0.15) is 24.5 Å². The Labute approximate surface area is 214 Å². The second-order valence-electron chi connectivity index (χ2n) is 10.1. The number of nitrogens with one attached hydrogen (secondary N) is 1. The topological polar surface area (TPSA) is 64.5 Å². The lowest BCUT2D eigenvalue weighted by molar-refractivity contribution is 0.245. The van der Waals surface area contributed by atoms with Crippen molar-refractivity contribution in [1.29, 1.82) is 0 Å². The van der Waals surface area contributed by atoms with Crippen molar-refractivity contribution in [2.75, 3.05) is 45.2 Å². The Kier molecular flexibility index (Phi) is 5.94. The summed E-state index contributed by atoms with van der Waals surface area (Å²) in [5.74, 6) is 0.372. The molecule has 0 spiro atoms. The molecule has 3 heterocycles. The lowest BCUT2D eigenvalue weighted by Crippen LogP contribution is -2.58. The molecule has 2 N–H and O–H groups in total. The number of phenols is 1. The molecule has 2 fully saturated rings. The first-order valence-corrected chi connectivity index (χ1v) is 12.8. The van der Waals surface area contributed by atoms with E-state index in [0.29, 0.717) is 28.0 Å². The van der Waals surface area contributed by atoms with Crippen LogP contribution in [0.2, 0.25) is 5.02 Å². The standard InChI is InChI=1S/C28H29ClFN5O/c1-34(2)18-14-35(15-18)28-32-26(16-7-9-31-10-8-16)22-13-23(29)24(25(30)27(22)33-28)21-12-19(36)11-17-5-3-4-6-20(17)21/h3-6,11-13,16,18,31,36H,7-10,14-15H2,1-2H3. The van der Waals surface area contributed by atoms with Crippen LogP contribution in [-0.4, -0.2) is 66.3 Å². The molecule has 6 nitrogen and oxygen atoms in total. The van der Waals surface area contributed by atoms with Crippen LogP contribution in [0.4, 0.5) is 10.3 Å². The number of rotatable bonds is 4. The molecule has 36 heavy (non-hydrogen) atoms. The Bertz CT molecular complexity index is 1460. The molecule has 6 rings (SSSR count). The van der Waals surface area contributed by atoms with E-state index in [1.807, 2.05) is 30.3 Å². The Hall–Kier alpha value is -3.00. The Balaban J connectivity index is 1.57. The van der Waals surface area contributed by atoms with Crippen molar-refractivity contribution in [3.63, 3.8) is 0 Å². The van der Waals surface area contributed by atoms with Crippen molar-refractivity contribution in [2.24, 2.45) is 0 Å². The van der Waals surface area contributed by atoms with Crippen molar-refractivity contribution in [1.82, 2.24) is 20.2 Å². The van der Waals surface area contributed by atoms with Gasteiger partial charge in [-0.3, -0.25) is 0 Å². The number of aromatic nitrogens is 2. The van der Waals surface area contributed by atoms with Gasteiger partial charge in [0, 0.05) is 36.0 Å². The number of hydrogen-bond donors (Lipinski definition) is 2. The van der Waals surface area contributed by atoms with Gasteiger partial charge in [0.25, 0.3) is 0 Å². The molecule has 2 aliphatic rings. The molecule has 8 heteroatoms. The average molecular weight is 506 g/mol. The normalized spacial score (nSPS) is 17.3. The number of piperidine rings is 1. The second-order valence-corrected chi connectivity index (χ2v) is 10.5. The van der Waals surface area contributed by atoms with Gasteiger partial charge >= 0.3 is 0 Å². The summed E-state index contributed by atoms with van der Waals surface area (Å²) in [6.07, 6.45) is 1.87. The predicted octanol–water partition coefficient (Wildman–Crippen LogP) is 5.17. The van der Waals surface area contributed by atoms with Crippen LogP contribution >= 0.6 is 11.6 Å². The zero-order chi connectivity index (χ0) is 25.0. The fraction of sp³-hybridized carbons (Fsp3) is 0.357. The SMILES string of the molecule is CN(C)C1CN(c2nc(C3CCNCC3)c3cc(Cl)c(-c4cc(O)cc5ccccc45)c(F)c3n2)C1. The molecule has 0 saturated carbocycles. The summed E-state index contributed by atoms with van der Waals surface area (Å²) in [5, 5.41) is 16.4. The van der Waals surface area contributed by atoms with Crippen LogP contribution in [0.25, 0.3) is 32.8 Å². The van der Waals surface area contributed by atoms with Gasteiger partial charge in [0.05, 0.1) is 10.7 Å². The van der Waals surface area contributed by atoms with Gasteiger partial charge < -0.3 is 20.2 Å². The summed E-state index contributed by atoms with van der Waals surface area (Å²) in [7, 11) is 4.13. The van der Waals surface area contributed by atoms with Crippen LogP contribution < -0.4 is 10.2 Å². The van der Waals surface area contributed by atoms with E-state index in [0.717, 1.165) is 55.5 Å². The fourth-order valence-electron chi connectivity index (χ4n) is 5.45. The molecule has 0 bridgehead atoms. The summed E-state index contributed by atoms with van der Waals surface area (Å²) in [5.41, 5.74) is 1.97. The molecule has 2 aliphatic heterocycles. The summed E-state index contributed by atoms with van der Waals surface area (Å²) >= 11 is 6.80. The van der Waals surface area contributed by atoms with Gasteiger partial charge in [-0.05, 0) is 74.6 Å². The zero-order valence-corrected chi connectivity index (χ0v) is 21.2. The van der Waals surface area contributed by atoms with Crippen molar-refractivity contribution >= 4 is 39.2 Å². The second kappa shape index (κ2) is 9.14. The van der Waals surface area contributed by atoms with E-state index < -0.39 is 5.82 Å². The third-order valence-corrected chi connectivity index (χ3v) is 7.92. The average Bonchev–Trinajstić information content (AvgIpc) is 2.83. The third kappa shape index (κ3) is 3.95. The molecule has 2 saturated heterocycles. The van der Waals surface area contributed by atoms with Crippen LogP contribution in [0.3, 0.4) is 0 Å². The van der Waals surface area contributed by atoms with E-state index in [4.69, 9.17) is 21.6 Å². The van der Waals surface area contributed by atoms with E-state index in [1.54, 1.807) is 12.1 Å². The maximum atomic E-state index is 16.5. The highest BCUT2D eigenvalue weighted by molar-refractivity contribution is 6.34. The van der Waals surface area contributed by atoms with E-state index in [2.05, 4.69) is 29.2 Å². The van der Waals surface area contributed by atoms with Gasteiger partial charge in [0.2, 0.25) is 5.95 Å². The number of nitrogens with zero attached hydrogens (tertiary/aromatic N) is 4. The summed E-state index contributed by atoms with van der Waals surface area (Å²) in [6, 6.07) is 13.1. The first-order chi connectivity index (χ1) is 17.4. The highest BCUT2D eigenvalue weighted by Crippen LogP contribution is 2.43. The van der Waals surface area contributed by atoms with Gasteiger partial charge in [-0.2, -0.15) is 0 Å². The summed E-state index contributed by atoms with van der Waals surface area (Å²) in [6.45, 7) is 3.43. The molecule has 0 amide bonds. The van der Waals surface area contributed by atoms with Crippen molar-refractivity contribution in [3.05, 3.63) is 59.0 Å². The van der Waals surface area contributed by atoms with E-state index >= 15 is 4.39 Å². The van der Waals surface area contributed by atoms with Gasteiger partial charge in [-0.15, -0.1) is 0 Å². The largest absolute Gasteiger partial charge is 0.508 e. The van der Waals surface area contributed by atoms with Crippen LogP contribution in [-0.2, 0) is 0 Å². The lowest BCUT2D eigenvalue weighted by Gasteiger charge is -2.43. The third-order valence-electron chi connectivity index (χ3n) is 7.62. The predicted molar refractivity (Wildman–Crippen MR) is 144 cm³/mol. The Morgan fingerprint density at radius 3 is 2.56 bits per heavy atom. The number of anilines is 1. The van der Waals surface area contributed by atoms with Gasteiger partial charge in [0.1, 0.15) is 11.3 Å². The molecule has 0 radical (unpaired) electrons. The van der Waals surface area contributed by atoms with Crippen LogP contribution in [0.5, 0.6) is 5.75 Å². The highest BCUT2D eigenvalue weighted by atomic mass is 35.5. The minimum absolute atomic E-state index is 0.0633. The fourth-order valence-corrected chi connectivity index (χ4v) is 5.74. The van der Waals surface area contributed by atoms with Gasteiger partial charge in [-0.1, -0.05) is 35.9 Å². The zero-order valence-electron chi connectivity index (χ0n) is 20.4. The maximum Gasteiger partial charge on any atom is 0.226 e. The van der Waals surface area contributed by atoms with Crippen molar-refractivity contribution < 1.29 is 9.50 Å². The number of hydrogen-bond acceptors (Lipinski definition) is 6. The molecule has 0 aliphatic carbocycles. The smallest absolute Gasteiger partial charge is 0.226 e. The molecule has 4 aromatic rings.